The number of pyridine rings is 1. The van der Waals surface area contributed by atoms with Crippen molar-refractivity contribution in [3.63, 3.8) is 0 Å². The third-order valence-electron chi connectivity index (χ3n) is 6.24. The fourth-order valence-corrected chi connectivity index (χ4v) is 6.05. The second kappa shape index (κ2) is 13.0. The van der Waals surface area contributed by atoms with Crippen LogP contribution in [0.5, 0.6) is 11.5 Å². The molecule has 0 spiro atoms. The van der Waals surface area contributed by atoms with E-state index in [1.165, 1.54) is 32.4 Å². The minimum atomic E-state index is -4.21. The van der Waals surface area contributed by atoms with Crippen LogP contribution in [0.25, 0.3) is 0 Å². The Morgan fingerprint density at radius 2 is 1.71 bits per heavy atom. The van der Waals surface area contributed by atoms with E-state index in [4.69, 9.17) is 14.2 Å². The molecule has 1 aliphatic rings. The number of nitrogens with one attached hydrogen (secondary N) is 1. The lowest BCUT2D eigenvalue weighted by molar-refractivity contribution is -0.136. The molecule has 2 N–H and O–H groups in total. The molecule has 0 radical (unpaired) electrons. The Hall–Kier alpha value is -2.44. The molecule has 1 aromatic heterocycles. The van der Waals surface area contributed by atoms with Crippen LogP contribution < -0.4 is 15.0 Å². The van der Waals surface area contributed by atoms with Crippen LogP contribution in [0.15, 0.2) is 47.6 Å². The summed E-state index contributed by atoms with van der Waals surface area (Å²) < 4.78 is 45.0. The molecule has 1 aromatic carbocycles. The maximum Gasteiger partial charge on any atom is 0.262 e. The van der Waals surface area contributed by atoms with Crippen molar-refractivity contribution in [3.8, 4) is 11.5 Å². The van der Waals surface area contributed by atoms with Gasteiger partial charge in [0.05, 0.1) is 25.2 Å². The zero-order valence-electron chi connectivity index (χ0n) is 19.9. The topological polar surface area (TPSA) is 127 Å². The van der Waals surface area contributed by atoms with E-state index in [-0.39, 0.29) is 41.6 Å². The van der Waals surface area contributed by atoms with Crippen molar-refractivity contribution >= 4 is 28.3 Å². The Bertz CT molecular complexity index is 1060. The van der Waals surface area contributed by atoms with Gasteiger partial charge in [-0.1, -0.05) is 0 Å². The average molecular weight is 530 g/mol. The van der Waals surface area contributed by atoms with Crippen molar-refractivity contribution in [1.82, 2.24) is 14.8 Å². The van der Waals surface area contributed by atoms with E-state index < -0.39 is 22.0 Å². The molecule has 1 saturated carbocycles. The van der Waals surface area contributed by atoms with Crippen molar-refractivity contribution in [2.75, 3.05) is 21.3 Å². The summed E-state index contributed by atoms with van der Waals surface area (Å²) in [6.45, 7) is -0.0819. The molecule has 2 aromatic rings. The van der Waals surface area contributed by atoms with E-state index in [0.717, 1.165) is 4.31 Å². The van der Waals surface area contributed by atoms with Crippen molar-refractivity contribution in [2.24, 2.45) is 5.92 Å². The van der Waals surface area contributed by atoms with Gasteiger partial charge in [0.2, 0.25) is 10.0 Å². The minimum Gasteiger partial charge on any atom is -0.493 e. The van der Waals surface area contributed by atoms with Gasteiger partial charge in [0.1, 0.15) is 6.04 Å². The zero-order chi connectivity index (χ0) is 24.7. The highest BCUT2D eigenvalue weighted by atomic mass is 35.5. The van der Waals surface area contributed by atoms with Gasteiger partial charge in [-0.05, 0) is 61.4 Å². The minimum absolute atomic E-state index is 0. The van der Waals surface area contributed by atoms with Gasteiger partial charge in [-0.3, -0.25) is 15.0 Å². The highest BCUT2D eigenvalue weighted by Gasteiger charge is 2.42. The van der Waals surface area contributed by atoms with Crippen LogP contribution in [0.3, 0.4) is 0 Å². The monoisotopic (exact) mass is 529 g/mol. The largest absolute Gasteiger partial charge is 0.493 e. The third-order valence-corrected chi connectivity index (χ3v) is 8.06. The Morgan fingerprint density at radius 1 is 1.09 bits per heavy atom. The Labute approximate surface area is 212 Å². The molecule has 1 aliphatic carbocycles. The van der Waals surface area contributed by atoms with Gasteiger partial charge in [-0.25, -0.2) is 13.9 Å². The van der Waals surface area contributed by atoms with E-state index in [0.29, 0.717) is 37.0 Å². The summed E-state index contributed by atoms with van der Waals surface area (Å²) in [5, 5.41) is 9.54. The number of ether oxygens (including phenoxy) is 3. The van der Waals surface area contributed by atoms with E-state index in [9.17, 15) is 18.4 Å². The summed E-state index contributed by atoms with van der Waals surface area (Å²) in [5.41, 5.74) is 2.34. The first-order chi connectivity index (χ1) is 16.3. The first-order valence-corrected chi connectivity index (χ1v) is 12.4. The number of aromatic nitrogens is 1. The van der Waals surface area contributed by atoms with Crippen LogP contribution in [0.2, 0.25) is 0 Å². The number of carbonyl (C=O) groups excluding carboxylic acids is 1. The van der Waals surface area contributed by atoms with E-state index >= 15 is 0 Å². The molecule has 0 bridgehead atoms. The van der Waals surface area contributed by atoms with Gasteiger partial charge in [-0.15, -0.1) is 12.4 Å². The number of hydrogen-bond donors (Lipinski definition) is 2. The summed E-state index contributed by atoms with van der Waals surface area (Å²) in [7, 11) is 0.308. The van der Waals surface area contributed by atoms with Gasteiger partial charge < -0.3 is 14.2 Å². The van der Waals surface area contributed by atoms with Gasteiger partial charge in [0, 0.05) is 32.1 Å². The summed E-state index contributed by atoms with van der Waals surface area (Å²) in [4.78, 5) is 16.9. The van der Waals surface area contributed by atoms with Crippen molar-refractivity contribution in [2.45, 2.75) is 49.3 Å². The lowest BCUT2D eigenvalue weighted by Crippen LogP contribution is -2.53. The molecule has 0 aliphatic heterocycles. The molecule has 10 nitrogen and oxygen atoms in total. The third kappa shape index (κ3) is 6.62. The Kier molecular flexibility index (Phi) is 10.7. The van der Waals surface area contributed by atoms with Gasteiger partial charge in [-0.2, -0.15) is 4.31 Å². The number of rotatable bonds is 10. The number of amides is 1. The van der Waals surface area contributed by atoms with Gasteiger partial charge in [0.15, 0.2) is 11.5 Å². The van der Waals surface area contributed by atoms with Crippen LogP contribution in [-0.2, 0) is 26.1 Å². The molecule has 1 fully saturated rings. The molecule has 1 atom stereocenters. The fraction of sp³-hybridized carbons (Fsp3) is 0.478. The molecule has 35 heavy (non-hydrogen) atoms. The number of methoxy groups -OCH3 is 3. The number of sulfonamides is 1. The molecule has 0 saturated heterocycles. The SMILES string of the molecule is COc1ccc(S(=O)(=O)N(Cc2ccncc2)[C@@H](C(=O)NO)C2CCC(OC)CC2)cc1OC.Cl. The second-order valence-electron chi connectivity index (χ2n) is 8.12. The predicted octanol–water partition coefficient (Wildman–Crippen LogP) is 2.79. The van der Waals surface area contributed by atoms with Crippen LogP contribution in [-0.4, -0.2) is 62.3 Å². The second-order valence-corrected chi connectivity index (χ2v) is 10.0. The van der Waals surface area contributed by atoms with E-state index in [1.54, 1.807) is 37.1 Å². The maximum atomic E-state index is 14.0. The Morgan fingerprint density at radius 3 is 2.26 bits per heavy atom. The molecular formula is C23H32ClN3O7S. The standard InChI is InChI=1S/C23H31N3O7S.ClH/c1-31-18-6-4-17(5-7-18)22(23(27)25-28)26(15-16-10-12-24-13-11-16)34(29,30)19-8-9-20(32-2)21(14-19)33-3;/h8-14,17-18,22,28H,4-7,15H2,1-3H3,(H,25,27);1H/t17?,18?,22-;/m1./s1. The molecule has 1 heterocycles. The molecule has 1 amide bonds. The van der Waals surface area contributed by atoms with E-state index in [2.05, 4.69) is 4.98 Å². The smallest absolute Gasteiger partial charge is 0.262 e. The quantitative estimate of drug-likeness (QED) is 0.355. The van der Waals surface area contributed by atoms with E-state index in [1.807, 2.05) is 0 Å². The number of hydrogen-bond acceptors (Lipinski definition) is 8. The first-order valence-electron chi connectivity index (χ1n) is 10.9. The molecule has 194 valence electrons. The normalized spacial score (nSPS) is 18.9. The van der Waals surface area contributed by atoms with Crippen LogP contribution >= 0.6 is 12.4 Å². The maximum absolute atomic E-state index is 14.0. The number of carbonyl (C=O) groups is 1. The highest BCUT2D eigenvalue weighted by molar-refractivity contribution is 7.89. The summed E-state index contributed by atoms with van der Waals surface area (Å²) in [6.07, 6.45) is 5.70. The van der Waals surface area contributed by atoms with Crippen molar-refractivity contribution in [1.29, 1.82) is 0 Å². The predicted molar refractivity (Wildman–Crippen MR) is 130 cm³/mol. The average Bonchev–Trinajstić information content (AvgIpc) is 2.88. The van der Waals surface area contributed by atoms with Crippen LogP contribution in [0.4, 0.5) is 0 Å². The zero-order valence-corrected chi connectivity index (χ0v) is 21.5. The fourth-order valence-electron chi connectivity index (χ4n) is 4.40. The first kappa shape index (κ1) is 28.8. The summed E-state index contributed by atoms with van der Waals surface area (Å²) >= 11 is 0. The molecule has 12 heteroatoms. The molecule has 3 rings (SSSR count). The molecule has 0 unspecified atom stereocenters. The summed E-state index contributed by atoms with van der Waals surface area (Å²) in [5.74, 6) is -0.463. The number of benzene rings is 1. The highest BCUT2D eigenvalue weighted by Crippen LogP contribution is 2.36. The van der Waals surface area contributed by atoms with Crippen LogP contribution in [0.1, 0.15) is 31.2 Å². The Balaban J connectivity index is 0.00000432. The number of nitrogens with zero attached hydrogens (tertiary/aromatic N) is 2. The lowest BCUT2D eigenvalue weighted by Gasteiger charge is -2.38. The molecular weight excluding hydrogens is 498 g/mol. The number of halogens is 1. The summed E-state index contributed by atoms with van der Waals surface area (Å²) in [6, 6.07) is 6.52. The number of hydroxylamine groups is 1. The van der Waals surface area contributed by atoms with Gasteiger partial charge in [0.25, 0.3) is 5.91 Å². The lowest BCUT2D eigenvalue weighted by atomic mass is 9.82. The van der Waals surface area contributed by atoms with Crippen molar-refractivity contribution in [3.05, 3.63) is 48.3 Å². The van der Waals surface area contributed by atoms with Gasteiger partial charge >= 0.3 is 0 Å². The van der Waals surface area contributed by atoms with Crippen LogP contribution in [0, 0.1) is 5.92 Å². The van der Waals surface area contributed by atoms with Crippen molar-refractivity contribution < 1.29 is 32.6 Å².